The second-order valence-electron chi connectivity index (χ2n) is 9.87. The van der Waals surface area contributed by atoms with Crippen molar-refractivity contribution in [1.29, 1.82) is 0 Å². The summed E-state index contributed by atoms with van der Waals surface area (Å²) in [6, 6.07) is 20.5. The molecule has 0 radical (unpaired) electrons. The molecule has 1 fully saturated rings. The zero-order chi connectivity index (χ0) is 25.9. The molecule has 0 unspecified atom stereocenters. The molecule has 0 saturated heterocycles. The summed E-state index contributed by atoms with van der Waals surface area (Å²) in [5, 5.41) is 13.7. The highest BCUT2D eigenvalue weighted by molar-refractivity contribution is 6.30. The maximum Gasteiger partial charge on any atom is 0.254 e. The molecule has 2 amide bonds. The van der Waals surface area contributed by atoms with Crippen LogP contribution < -0.4 is 5.32 Å². The van der Waals surface area contributed by atoms with Crippen LogP contribution in [-0.4, -0.2) is 40.5 Å². The molecule has 3 aromatic carbocycles. The number of nitrogens with zero attached hydrogens (tertiary/aromatic N) is 1. The van der Waals surface area contributed by atoms with E-state index in [9.17, 15) is 19.1 Å². The Bertz CT molecular complexity index is 1270. The maximum absolute atomic E-state index is 14.1. The summed E-state index contributed by atoms with van der Waals surface area (Å²) in [6.45, 7) is 0.273. The van der Waals surface area contributed by atoms with Gasteiger partial charge in [-0.15, -0.1) is 0 Å². The summed E-state index contributed by atoms with van der Waals surface area (Å²) in [5.41, 5.74) is 2.57. The molecule has 2 atom stereocenters. The number of fused-ring (bicyclic) bond motifs is 1. The van der Waals surface area contributed by atoms with Crippen LogP contribution in [0.3, 0.4) is 0 Å². The number of carbonyl (C=O) groups is 2. The van der Waals surface area contributed by atoms with Crippen LogP contribution in [0.25, 0.3) is 0 Å². The highest BCUT2D eigenvalue weighted by Crippen LogP contribution is 2.46. The predicted molar refractivity (Wildman–Crippen MR) is 141 cm³/mol. The summed E-state index contributed by atoms with van der Waals surface area (Å²) < 4.78 is 14.1. The Hall–Kier alpha value is -3.22. The third-order valence-electron chi connectivity index (χ3n) is 7.58. The lowest BCUT2D eigenvalue weighted by molar-refractivity contribution is -0.124. The summed E-state index contributed by atoms with van der Waals surface area (Å²) in [6.07, 6.45) is 2.56. The molecule has 0 bridgehead atoms. The second-order valence-corrected chi connectivity index (χ2v) is 10.3. The number of rotatable bonds is 6. The zero-order valence-electron chi connectivity index (χ0n) is 20.4. The minimum atomic E-state index is -0.650. The number of aliphatic hydroxyl groups is 1. The lowest BCUT2D eigenvalue weighted by Crippen LogP contribution is -2.52. The summed E-state index contributed by atoms with van der Waals surface area (Å²) in [7, 11) is 0. The van der Waals surface area contributed by atoms with Crippen LogP contribution in [0.15, 0.2) is 72.8 Å². The standard InChI is InChI=1S/C30H30ClFN2O3/c31-21-11-9-20(10-12-21)28-27(29(36)33-18-17-19-5-1-4-8-26(19)32)24-6-2-3-7-25(24)30(37)34(28)22-13-15-23(35)16-14-22/h1-12,22-23,27-28,35H,13-18H2,(H,33,36)/t22-,23-,27-,28+/m1/s1. The molecule has 0 aromatic heterocycles. The first-order valence-corrected chi connectivity index (χ1v) is 13.2. The fourth-order valence-corrected chi connectivity index (χ4v) is 5.84. The molecular weight excluding hydrogens is 491 g/mol. The van der Waals surface area contributed by atoms with Crippen molar-refractivity contribution < 1.29 is 19.1 Å². The quantitative estimate of drug-likeness (QED) is 0.456. The van der Waals surface area contributed by atoms with Crippen molar-refractivity contribution in [3.05, 3.63) is 106 Å². The van der Waals surface area contributed by atoms with Crippen molar-refractivity contribution in [1.82, 2.24) is 10.2 Å². The van der Waals surface area contributed by atoms with Gasteiger partial charge in [0.25, 0.3) is 5.91 Å². The Labute approximate surface area is 221 Å². The van der Waals surface area contributed by atoms with Crippen LogP contribution in [0.4, 0.5) is 4.39 Å². The predicted octanol–water partition coefficient (Wildman–Crippen LogP) is 5.42. The van der Waals surface area contributed by atoms with Crippen LogP contribution in [0, 0.1) is 5.82 Å². The van der Waals surface area contributed by atoms with Gasteiger partial charge in [0.1, 0.15) is 5.82 Å². The Morgan fingerprint density at radius 3 is 2.38 bits per heavy atom. The number of nitrogens with one attached hydrogen (secondary N) is 1. The average Bonchev–Trinajstić information content (AvgIpc) is 2.91. The topological polar surface area (TPSA) is 69.6 Å². The van der Waals surface area contributed by atoms with E-state index < -0.39 is 12.0 Å². The van der Waals surface area contributed by atoms with Crippen molar-refractivity contribution in [2.24, 2.45) is 0 Å². The molecule has 5 rings (SSSR count). The van der Waals surface area contributed by atoms with E-state index >= 15 is 0 Å². The zero-order valence-corrected chi connectivity index (χ0v) is 21.2. The van der Waals surface area contributed by atoms with Crippen molar-refractivity contribution in [2.45, 2.75) is 56.2 Å². The van der Waals surface area contributed by atoms with Crippen molar-refractivity contribution in [3.63, 3.8) is 0 Å². The molecule has 2 aliphatic rings. The van der Waals surface area contributed by atoms with Gasteiger partial charge in [0.2, 0.25) is 5.91 Å². The maximum atomic E-state index is 14.1. The van der Waals surface area contributed by atoms with Gasteiger partial charge in [-0.1, -0.05) is 60.1 Å². The van der Waals surface area contributed by atoms with Gasteiger partial charge in [-0.3, -0.25) is 9.59 Å². The number of hydrogen-bond donors (Lipinski definition) is 2. The Morgan fingerprint density at radius 1 is 0.973 bits per heavy atom. The number of carbonyl (C=O) groups excluding carboxylic acids is 2. The average molecular weight is 521 g/mol. The minimum absolute atomic E-state index is 0.0985. The number of aliphatic hydroxyl groups excluding tert-OH is 1. The molecule has 1 aliphatic carbocycles. The van der Waals surface area contributed by atoms with E-state index in [0.29, 0.717) is 53.8 Å². The molecule has 1 aliphatic heterocycles. The highest BCUT2D eigenvalue weighted by atomic mass is 35.5. The molecular formula is C30H30ClFN2O3. The van der Waals surface area contributed by atoms with Crippen LogP contribution in [0.2, 0.25) is 5.02 Å². The summed E-state index contributed by atoms with van der Waals surface area (Å²) >= 11 is 6.18. The van der Waals surface area contributed by atoms with Crippen LogP contribution in [-0.2, 0) is 11.2 Å². The van der Waals surface area contributed by atoms with E-state index in [2.05, 4.69) is 5.32 Å². The van der Waals surface area contributed by atoms with Gasteiger partial charge in [-0.2, -0.15) is 0 Å². The Kier molecular flexibility index (Phi) is 7.58. The van der Waals surface area contributed by atoms with Crippen molar-refractivity contribution >= 4 is 23.4 Å². The molecule has 37 heavy (non-hydrogen) atoms. The van der Waals surface area contributed by atoms with E-state index in [1.807, 2.05) is 35.2 Å². The first kappa shape index (κ1) is 25.4. The second kappa shape index (κ2) is 11.0. The summed E-state index contributed by atoms with van der Waals surface area (Å²) in [5.74, 6) is -1.26. The molecule has 3 aromatic rings. The van der Waals surface area contributed by atoms with Gasteiger partial charge < -0.3 is 15.3 Å². The van der Waals surface area contributed by atoms with Crippen molar-refractivity contribution in [2.75, 3.05) is 6.54 Å². The lowest BCUT2D eigenvalue weighted by Gasteiger charge is -2.47. The summed E-state index contributed by atoms with van der Waals surface area (Å²) in [4.78, 5) is 29.6. The monoisotopic (exact) mass is 520 g/mol. The third-order valence-corrected chi connectivity index (χ3v) is 7.83. The molecule has 0 spiro atoms. The molecule has 2 N–H and O–H groups in total. The largest absolute Gasteiger partial charge is 0.393 e. The first-order valence-electron chi connectivity index (χ1n) is 12.8. The molecule has 1 heterocycles. The van der Waals surface area contributed by atoms with Gasteiger partial charge in [0.15, 0.2) is 0 Å². The molecule has 1 saturated carbocycles. The number of benzene rings is 3. The van der Waals surface area contributed by atoms with E-state index in [1.165, 1.54) is 6.07 Å². The normalized spacial score (nSPS) is 23.4. The number of amides is 2. The fraction of sp³-hybridized carbons (Fsp3) is 0.333. The van der Waals surface area contributed by atoms with Crippen LogP contribution in [0.5, 0.6) is 0 Å². The number of halogens is 2. The van der Waals surface area contributed by atoms with E-state index in [1.54, 1.807) is 36.4 Å². The fourth-order valence-electron chi connectivity index (χ4n) is 5.72. The smallest absolute Gasteiger partial charge is 0.254 e. The van der Waals surface area contributed by atoms with E-state index in [-0.39, 0.29) is 36.3 Å². The van der Waals surface area contributed by atoms with E-state index in [0.717, 1.165) is 5.56 Å². The molecule has 5 nitrogen and oxygen atoms in total. The van der Waals surface area contributed by atoms with Gasteiger partial charge in [-0.05, 0) is 73.1 Å². The molecule has 192 valence electrons. The van der Waals surface area contributed by atoms with Crippen LogP contribution >= 0.6 is 11.6 Å². The van der Waals surface area contributed by atoms with Gasteiger partial charge >= 0.3 is 0 Å². The SMILES string of the molecule is O=C(NCCc1ccccc1F)[C@@H]1c2ccccc2C(=O)N([C@H]2CC[C@H](O)CC2)[C@H]1c1ccc(Cl)cc1. The third kappa shape index (κ3) is 5.27. The van der Waals surface area contributed by atoms with E-state index in [4.69, 9.17) is 11.6 Å². The van der Waals surface area contributed by atoms with Gasteiger partial charge in [0, 0.05) is 23.2 Å². The molecule has 7 heteroatoms. The minimum Gasteiger partial charge on any atom is -0.393 e. The first-order chi connectivity index (χ1) is 17.9. The van der Waals surface area contributed by atoms with Gasteiger partial charge in [0.05, 0.1) is 18.1 Å². The lowest BCUT2D eigenvalue weighted by atomic mass is 9.77. The Morgan fingerprint density at radius 2 is 1.65 bits per heavy atom. The van der Waals surface area contributed by atoms with Gasteiger partial charge in [-0.25, -0.2) is 4.39 Å². The van der Waals surface area contributed by atoms with Crippen molar-refractivity contribution in [3.8, 4) is 0 Å². The highest BCUT2D eigenvalue weighted by Gasteiger charge is 2.46. The van der Waals surface area contributed by atoms with Crippen LogP contribution in [0.1, 0.15) is 64.7 Å². The Balaban J connectivity index is 1.51. The number of hydrogen-bond acceptors (Lipinski definition) is 3.